The van der Waals surface area contributed by atoms with Gasteiger partial charge in [-0.1, -0.05) is 35.9 Å². The smallest absolute Gasteiger partial charge is 0.119 e. The normalized spacial score (nSPS) is 12.2. The van der Waals surface area contributed by atoms with Crippen LogP contribution in [0.15, 0.2) is 42.5 Å². The minimum atomic E-state index is -0.597. The van der Waals surface area contributed by atoms with Crippen molar-refractivity contribution < 1.29 is 9.84 Å². The van der Waals surface area contributed by atoms with Crippen molar-refractivity contribution in [3.63, 3.8) is 0 Å². The summed E-state index contributed by atoms with van der Waals surface area (Å²) < 4.78 is 5.65. The van der Waals surface area contributed by atoms with E-state index >= 15 is 0 Å². The van der Waals surface area contributed by atoms with Crippen LogP contribution in [-0.4, -0.2) is 11.7 Å². The summed E-state index contributed by atoms with van der Waals surface area (Å²) >= 11 is 0. The minimum Gasteiger partial charge on any atom is -0.491 e. The third-order valence-corrected chi connectivity index (χ3v) is 3.19. The van der Waals surface area contributed by atoms with Crippen LogP contribution in [0.4, 0.5) is 0 Å². The summed E-state index contributed by atoms with van der Waals surface area (Å²) in [6.07, 6.45) is -0.597. The zero-order valence-electron chi connectivity index (χ0n) is 11.7. The monoisotopic (exact) mass is 256 g/mol. The first-order valence-electron chi connectivity index (χ1n) is 6.51. The van der Waals surface area contributed by atoms with E-state index in [9.17, 15) is 5.11 Å². The summed E-state index contributed by atoms with van der Waals surface area (Å²) in [5.41, 5.74) is 4.33. The zero-order chi connectivity index (χ0) is 13.8. The average Bonchev–Trinajstić information content (AvgIpc) is 2.39. The number of ether oxygens (including phenoxy) is 1. The van der Waals surface area contributed by atoms with Gasteiger partial charge in [0.15, 0.2) is 0 Å². The Morgan fingerprint density at radius 1 is 1.00 bits per heavy atom. The summed E-state index contributed by atoms with van der Waals surface area (Å²) in [5.74, 6) is 0.796. The molecule has 2 nitrogen and oxygen atoms in total. The molecule has 0 heterocycles. The van der Waals surface area contributed by atoms with E-state index in [1.807, 2.05) is 63.2 Å². The van der Waals surface area contributed by atoms with E-state index < -0.39 is 6.10 Å². The molecule has 100 valence electrons. The fourth-order valence-corrected chi connectivity index (χ4v) is 2.09. The van der Waals surface area contributed by atoms with Gasteiger partial charge in [0.05, 0.1) is 0 Å². The maximum atomic E-state index is 10.2. The summed E-state index contributed by atoms with van der Waals surface area (Å²) in [5, 5.41) is 10.2. The molecule has 0 aliphatic carbocycles. The first-order chi connectivity index (χ1) is 9.06. The van der Waals surface area contributed by atoms with Crippen LogP contribution in [-0.2, 0) is 0 Å². The van der Waals surface area contributed by atoms with E-state index in [1.165, 1.54) is 0 Å². The van der Waals surface area contributed by atoms with Gasteiger partial charge in [-0.15, -0.1) is 0 Å². The van der Waals surface area contributed by atoms with Gasteiger partial charge >= 0.3 is 0 Å². The molecule has 0 bridgehead atoms. The van der Waals surface area contributed by atoms with Crippen molar-refractivity contribution in [1.82, 2.24) is 0 Å². The van der Waals surface area contributed by atoms with Crippen LogP contribution in [0, 0.1) is 20.8 Å². The quantitative estimate of drug-likeness (QED) is 0.903. The second-order valence-corrected chi connectivity index (χ2v) is 5.00. The predicted octanol–water partition coefficient (Wildman–Crippen LogP) is 3.72. The van der Waals surface area contributed by atoms with Crippen LogP contribution in [0.2, 0.25) is 0 Å². The van der Waals surface area contributed by atoms with E-state index in [2.05, 4.69) is 0 Å². The molecular formula is C17H20O2. The average molecular weight is 256 g/mol. The topological polar surface area (TPSA) is 29.5 Å². The van der Waals surface area contributed by atoms with Crippen molar-refractivity contribution in [3.8, 4) is 5.75 Å². The van der Waals surface area contributed by atoms with Crippen molar-refractivity contribution in [1.29, 1.82) is 0 Å². The molecule has 0 aliphatic rings. The maximum Gasteiger partial charge on any atom is 0.119 e. The van der Waals surface area contributed by atoms with Crippen LogP contribution < -0.4 is 4.74 Å². The molecule has 2 aromatic rings. The molecule has 1 N–H and O–H groups in total. The minimum absolute atomic E-state index is 0.272. The number of hydrogen-bond acceptors (Lipinski definition) is 2. The maximum absolute atomic E-state index is 10.2. The molecule has 0 saturated carbocycles. The fourth-order valence-electron chi connectivity index (χ4n) is 2.09. The number of aliphatic hydroxyl groups is 1. The van der Waals surface area contributed by atoms with Gasteiger partial charge in [0, 0.05) is 0 Å². The molecule has 1 unspecified atom stereocenters. The van der Waals surface area contributed by atoms with Crippen LogP contribution >= 0.6 is 0 Å². The lowest BCUT2D eigenvalue weighted by Crippen LogP contribution is -2.11. The Morgan fingerprint density at radius 3 is 2.47 bits per heavy atom. The molecule has 0 aliphatic heterocycles. The number of hydrogen-bond donors (Lipinski definition) is 1. The molecule has 1 atom stereocenters. The van der Waals surface area contributed by atoms with Gasteiger partial charge in [0.2, 0.25) is 0 Å². The highest BCUT2D eigenvalue weighted by Gasteiger charge is 2.11. The van der Waals surface area contributed by atoms with E-state index in [4.69, 9.17) is 4.74 Å². The van der Waals surface area contributed by atoms with Crippen LogP contribution in [0.3, 0.4) is 0 Å². The van der Waals surface area contributed by atoms with Crippen molar-refractivity contribution in [2.24, 2.45) is 0 Å². The second-order valence-electron chi connectivity index (χ2n) is 5.00. The third kappa shape index (κ3) is 3.58. The van der Waals surface area contributed by atoms with Crippen LogP contribution in [0.1, 0.15) is 28.4 Å². The first-order valence-corrected chi connectivity index (χ1v) is 6.51. The molecule has 0 spiro atoms. The van der Waals surface area contributed by atoms with E-state index in [0.29, 0.717) is 0 Å². The molecule has 2 heteroatoms. The highest BCUT2D eigenvalue weighted by molar-refractivity contribution is 5.32. The van der Waals surface area contributed by atoms with Gasteiger partial charge in [0.25, 0.3) is 0 Å². The molecular weight excluding hydrogens is 236 g/mol. The summed E-state index contributed by atoms with van der Waals surface area (Å²) in [6, 6.07) is 13.9. The molecule has 0 aromatic heterocycles. The van der Waals surface area contributed by atoms with E-state index in [-0.39, 0.29) is 6.61 Å². The Morgan fingerprint density at radius 2 is 1.74 bits per heavy atom. The molecule has 0 radical (unpaired) electrons. The van der Waals surface area contributed by atoms with Crippen LogP contribution in [0.5, 0.6) is 5.75 Å². The van der Waals surface area contributed by atoms with Gasteiger partial charge in [-0.3, -0.25) is 0 Å². The molecule has 19 heavy (non-hydrogen) atoms. The van der Waals surface area contributed by atoms with Gasteiger partial charge < -0.3 is 9.84 Å². The van der Waals surface area contributed by atoms with E-state index in [1.54, 1.807) is 0 Å². The molecule has 0 fully saturated rings. The second kappa shape index (κ2) is 5.89. The Hall–Kier alpha value is -1.80. The Labute approximate surface area is 114 Å². The standard InChI is InChI=1S/C17H20O2/c1-12-5-4-6-15(9-12)19-11-17(18)16-10-13(2)7-8-14(16)3/h4-10,17-18H,11H2,1-3H3. The lowest BCUT2D eigenvalue weighted by molar-refractivity contribution is 0.107. The fraction of sp³-hybridized carbons (Fsp3) is 0.294. The van der Waals surface area contributed by atoms with Crippen LogP contribution in [0.25, 0.3) is 0 Å². The van der Waals surface area contributed by atoms with Gasteiger partial charge in [-0.25, -0.2) is 0 Å². The summed E-state index contributed by atoms with van der Waals surface area (Å²) in [6.45, 7) is 6.32. The predicted molar refractivity (Wildman–Crippen MR) is 77.5 cm³/mol. The Kier molecular flexibility index (Phi) is 4.23. The van der Waals surface area contributed by atoms with E-state index in [0.717, 1.165) is 28.0 Å². The number of rotatable bonds is 4. The summed E-state index contributed by atoms with van der Waals surface area (Å²) in [7, 11) is 0. The number of benzene rings is 2. The SMILES string of the molecule is Cc1cccc(OCC(O)c2cc(C)ccc2C)c1. The third-order valence-electron chi connectivity index (χ3n) is 3.19. The highest BCUT2D eigenvalue weighted by atomic mass is 16.5. The lowest BCUT2D eigenvalue weighted by Gasteiger charge is -2.15. The number of aryl methyl sites for hydroxylation is 3. The lowest BCUT2D eigenvalue weighted by atomic mass is 10.0. The van der Waals surface area contributed by atoms with Gasteiger partial charge in [0.1, 0.15) is 18.5 Å². The van der Waals surface area contributed by atoms with Crippen molar-refractivity contribution in [2.75, 3.05) is 6.61 Å². The highest BCUT2D eigenvalue weighted by Crippen LogP contribution is 2.21. The van der Waals surface area contributed by atoms with Gasteiger partial charge in [-0.05, 0) is 49.6 Å². The molecule has 2 rings (SSSR count). The Bertz CT molecular complexity index is 561. The zero-order valence-corrected chi connectivity index (χ0v) is 11.7. The summed E-state index contributed by atoms with van der Waals surface area (Å²) in [4.78, 5) is 0. The van der Waals surface area contributed by atoms with Crippen molar-refractivity contribution >= 4 is 0 Å². The van der Waals surface area contributed by atoms with Crippen molar-refractivity contribution in [2.45, 2.75) is 26.9 Å². The van der Waals surface area contributed by atoms with Crippen molar-refractivity contribution in [3.05, 3.63) is 64.7 Å². The Balaban J connectivity index is 2.05. The molecule has 2 aromatic carbocycles. The van der Waals surface area contributed by atoms with Gasteiger partial charge in [-0.2, -0.15) is 0 Å². The number of aliphatic hydroxyl groups excluding tert-OH is 1. The molecule has 0 amide bonds. The molecule has 0 saturated heterocycles. The first kappa shape index (κ1) is 13.6. The largest absolute Gasteiger partial charge is 0.491 e.